The molecule has 0 aliphatic rings. The van der Waals surface area contributed by atoms with Gasteiger partial charge in [-0.3, -0.25) is 4.79 Å². The van der Waals surface area contributed by atoms with Gasteiger partial charge in [-0.05, 0) is 28.2 Å². The molecule has 0 unspecified atom stereocenters. The minimum absolute atomic E-state index is 0.0585. The van der Waals surface area contributed by atoms with E-state index in [0.717, 1.165) is 22.3 Å². The Labute approximate surface area is 206 Å². The van der Waals surface area contributed by atoms with E-state index in [1.165, 1.54) is 5.56 Å². The molecule has 6 heteroatoms. The van der Waals surface area contributed by atoms with Gasteiger partial charge in [0.2, 0.25) is 17.6 Å². The summed E-state index contributed by atoms with van der Waals surface area (Å²) in [5.41, 5.74) is 5.42. The molecular formula is C29H31N3O3. The number of ether oxygens (including phenoxy) is 1. The largest absolute Gasteiger partial charge is 0.372 e. The number of nitrogens with one attached hydrogen (secondary N) is 1. The average Bonchev–Trinajstić information content (AvgIpc) is 3.36. The van der Waals surface area contributed by atoms with Crippen molar-refractivity contribution in [2.24, 2.45) is 0 Å². The zero-order valence-electron chi connectivity index (χ0n) is 20.2. The number of aryl methyl sites for hydroxylation is 1. The van der Waals surface area contributed by atoms with Gasteiger partial charge >= 0.3 is 0 Å². The average molecular weight is 470 g/mol. The van der Waals surface area contributed by atoms with Crippen LogP contribution in [0.2, 0.25) is 0 Å². The maximum Gasteiger partial charge on any atom is 0.227 e. The van der Waals surface area contributed by atoms with E-state index in [4.69, 9.17) is 9.26 Å². The molecule has 0 bridgehead atoms. The van der Waals surface area contributed by atoms with Crippen LogP contribution in [0.4, 0.5) is 0 Å². The quantitative estimate of drug-likeness (QED) is 0.299. The highest BCUT2D eigenvalue weighted by Gasteiger charge is 2.11. The standard InChI is InChI=1S/C29H31N3O3/c1-21(2)25-11-13-26(14-12-25)29-31-28(35-32-29)16-15-27(33)30-18-23-9-6-10-24(17-23)20-34-19-22-7-4-3-5-8-22/h3-14,17,21H,15-16,18-20H2,1-2H3,(H,30,33). The number of carbonyl (C=O) groups is 1. The predicted octanol–water partition coefficient (Wildman–Crippen LogP) is 5.83. The summed E-state index contributed by atoms with van der Waals surface area (Å²) in [5, 5.41) is 7.02. The molecule has 1 N–H and O–H groups in total. The van der Waals surface area contributed by atoms with Crippen molar-refractivity contribution >= 4 is 5.91 Å². The summed E-state index contributed by atoms with van der Waals surface area (Å²) in [6.07, 6.45) is 0.685. The number of carbonyl (C=O) groups excluding carboxylic acids is 1. The van der Waals surface area contributed by atoms with Gasteiger partial charge in [0.15, 0.2) is 0 Å². The SMILES string of the molecule is CC(C)c1ccc(-c2noc(CCC(=O)NCc3cccc(COCc4ccccc4)c3)n2)cc1. The van der Waals surface area contributed by atoms with Gasteiger partial charge in [-0.2, -0.15) is 4.98 Å². The lowest BCUT2D eigenvalue weighted by Crippen LogP contribution is -2.23. The van der Waals surface area contributed by atoms with Crippen LogP contribution in [0.15, 0.2) is 83.4 Å². The Bertz CT molecular complexity index is 1220. The molecule has 1 amide bonds. The Morgan fingerprint density at radius 1 is 0.914 bits per heavy atom. The fraction of sp³-hybridized carbons (Fsp3) is 0.276. The molecule has 1 heterocycles. The first-order chi connectivity index (χ1) is 17.1. The van der Waals surface area contributed by atoms with E-state index in [1.54, 1.807) is 0 Å². The summed E-state index contributed by atoms with van der Waals surface area (Å²) < 4.78 is 11.2. The van der Waals surface area contributed by atoms with E-state index in [-0.39, 0.29) is 12.3 Å². The molecule has 0 radical (unpaired) electrons. The van der Waals surface area contributed by atoms with Crippen LogP contribution in [-0.2, 0) is 35.7 Å². The van der Waals surface area contributed by atoms with Crippen molar-refractivity contribution in [2.75, 3.05) is 0 Å². The smallest absolute Gasteiger partial charge is 0.227 e. The third kappa shape index (κ3) is 7.36. The Balaban J connectivity index is 1.21. The van der Waals surface area contributed by atoms with Gasteiger partial charge in [0, 0.05) is 24.9 Å². The molecule has 35 heavy (non-hydrogen) atoms. The van der Waals surface area contributed by atoms with Crippen LogP contribution in [-0.4, -0.2) is 16.0 Å². The summed E-state index contributed by atoms with van der Waals surface area (Å²) in [7, 11) is 0. The molecule has 0 saturated heterocycles. The first-order valence-electron chi connectivity index (χ1n) is 12.0. The fourth-order valence-electron chi connectivity index (χ4n) is 3.69. The summed E-state index contributed by atoms with van der Waals surface area (Å²) >= 11 is 0. The van der Waals surface area contributed by atoms with E-state index >= 15 is 0 Å². The molecule has 0 fully saturated rings. The number of nitrogens with zero attached hydrogens (tertiary/aromatic N) is 2. The molecule has 0 aliphatic heterocycles. The Morgan fingerprint density at radius 2 is 1.63 bits per heavy atom. The van der Waals surface area contributed by atoms with E-state index in [2.05, 4.69) is 47.5 Å². The van der Waals surface area contributed by atoms with E-state index in [1.807, 2.05) is 60.7 Å². The Hall–Kier alpha value is -3.77. The van der Waals surface area contributed by atoms with E-state index in [0.29, 0.717) is 43.8 Å². The highest BCUT2D eigenvalue weighted by atomic mass is 16.5. The van der Waals surface area contributed by atoms with E-state index in [9.17, 15) is 4.79 Å². The van der Waals surface area contributed by atoms with Gasteiger partial charge < -0.3 is 14.6 Å². The van der Waals surface area contributed by atoms with Crippen LogP contribution in [0.5, 0.6) is 0 Å². The van der Waals surface area contributed by atoms with Crippen molar-refractivity contribution < 1.29 is 14.1 Å². The number of amides is 1. The van der Waals surface area contributed by atoms with Crippen LogP contribution >= 0.6 is 0 Å². The molecule has 0 aliphatic carbocycles. The number of rotatable bonds is 11. The van der Waals surface area contributed by atoms with Gasteiger partial charge in [0.05, 0.1) is 13.2 Å². The topological polar surface area (TPSA) is 77.2 Å². The fourth-order valence-corrected chi connectivity index (χ4v) is 3.69. The molecule has 0 saturated carbocycles. The monoisotopic (exact) mass is 469 g/mol. The van der Waals surface area contributed by atoms with Crippen molar-refractivity contribution in [1.29, 1.82) is 0 Å². The molecule has 4 rings (SSSR count). The first-order valence-corrected chi connectivity index (χ1v) is 12.0. The second-order valence-electron chi connectivity index (χ2n) is 8.86. The molecule has 4 aromatic rings. The lowest BCUT2D eigenvalue weighted by molar-refractivity contribution is -0.121. The molecule has 0 spiro atoms. The minimum Gasteiger partial charge on any atom is -0.372 e. The number of hydrogen-bond donors (Lipinski definition) is 1. The van der Waals surface area contributed by atoms with E-state index < -0.39 is 0 Å². The summed E-state index contributed by atoms with van der Waals surface area (Å²) in [5.74, 6) is 1.42. The number of benzene rings is 3. The second kappa shape index (κ2) is 12.1. The van der Waals surface area contributed by atoms with Crippen LogP contribution in [0.3, 0.4) is 0 Å². The van der Waals surface area contributed by atoms with Gasteiger partial charge in [0.1, 0.15) is 0 Å². The Kier molecular flexibility index (Phi) is 8.41. The zero-order valence-corrected chi connectivity index (χ0v) is 20.2. The van der Waals surface area contributed by atoms with Crippen LogP contribution < -0.4 is 5.32 Å². The molecule has 0 atom stereocenters. The van der Waals surface area contributed by atoms with Crippen molar-refractivity contribution in [3.8, 4) is 11.4 Å². The maximum absolute atomic E-state index is 12.4. The van der Waals surface area contributed by atoms with Crippen LogP contribution in [0.1, 0.15) is 54.3 Å². The van der Waals surface area contributed by atoms with Gasteiger partial charge in [-0.15, -0.1) is 0 Å². The lowest BCUT2D eigenvalue weighted by atomic mass is 10.0. The molecule has 3 aromatic carbocycles. The highest BCUT2D eigenvalue weighted by molar-refractivity contribution is 5.76. The van der Waals surface area contributed by atoms with Crippen LogP contribution in [0.25, 0.3) is 11.4 Å². The predicted molar refractivity (Wildman–Crippen MR) is 135 cm³/mol. The molecular weight excluding hydrogens is 438 g/mol. The number of hydrogen-bond acceptors (Lipinski definition) is 5. The number of aromatic nitrogens is 2. The van der Waals surface area contributed by atoms with Crippen molar-refractivity contribution in [1.82, 2.24) is 15.5 Å². The summed E-state index contributed by atoms with van der Waals surface area (Å²) in [4.78, 5) is 16.8. The van der Waals surface area contributed by atoms with Crippen molar-refractivity contribution in [3.63, 3.8) is 0 Å². The zero-order chi connectivity index (χ0) is 24.5. The molecule has 180 valence electrons. The third-order valence-electron chi connectivity index (χ3n) is 5.73. The van der Waals surface area contributed by atoms with Crippen LogP contribution in [0, 0.1) is 0 Å². The third-order valence-corrected chi connectivity index (χ3v) is 5.73. The highest BCUT2D eigenvalue weighted by Crippen LogP contribution is 2.20. The van der Waals surface area contributed by atoms with Crippen molar-refractivity contribution in [3.05, 3.63) is 107 Å². The van der Waals surface area contributed by atoms with Gasteiger partial charge in [0.25, 0.3) is 0 Å². The van der Waals surface area contributed by atoms with Gasteiger partial charge in [-0.25, -0.2) is 0 Å². The summed E-state index contributed by atoms with van der Waals surface area (Å²) in [6.45, 7) is 5.87. The molecule has 1 aromatic heterocycles. The lowest BCUT2D eigenvalue weighted by Gasteiger charge is -2.08. The normalized spacial score (nSPS) is 11.1. The van der Waals surface area contributed by atoms with Crippen molar-refractivity contribution in [2.45, 2.75) is 52.4 Å². The summed E-state index contributed by atoms with van der Waals surface area (Å²) in [6, 6.07) is 26.3. The Morgan fingerprint density at radius 3 is 2.40 bits per heavy atom. The molecule has 6 nitrogen and oxygen atoms in total. The van der Waals surface area contributed by atoms with Gasteiger partial charge in [-0.1, -0.05) is 97.9 Å². The second-order valence-corrected chi connectivity index (χ2v) is 8.86. The minimum atomic E-state index is -0.0585. The first kappa shape index (κ1) is 24.4. The maximum atomic E-state index is 12.4.